The Balaban J connectivity index is 2.22. The second-order valence-electron chi connectivity index (χ2n) is 4.84. The summed E-state index contributed by atoms with van der Waals surface area (Å²) in [5, 5.41) is 3.73. The lowest BCUT2D eigenvalue weighted by Gasteiger charge is -2.34. The largest absolute Gasteiger partial charge is 0.310 e. The highest BCUT2D eigenvalue weighted by Gasteiger charge is 2.27. The van der Waals surface area contributed by atoms with Gasteiger partial charge in [0, 0.05) is 6.04 Å². The number of aryl methyl sites for hydroxylation is 1. The highest BCUT2D eigenvalue weighted by Crippen LogP contribution is 2.35. The Bertz CT molecular complexity index is 332. The Labute approximate surface area is 99.3 Å². The highest BCUT2D eigenvalue weighted by molar-refractivity contribution is 5.32. The predicted molar refractivity (Wildman–Crippen MR) is 69.6 cm³/mol. The Kier molecular flexibility index (Phi) is 4.00. The van der Waals surface area contributed by atoms with Gasteiger partial charge in [-0.2, -0.15) is 0 Å². The third kappa shape index (κ3) is 2.30. The molecule has 1 nitrogen and oxygen atoms in total. The van der Waals surface area contributed by atoms with Crippen LogP contribution >= 0.6 is 0 Å². The molecule has 0 fully saturated rings. The Hall–Kier alpha value is -0.820. The summed E-state index contributed by atoms with van der Waals surface area (Å²) in [7, 11) is 0. The van der Waals surface area contributed by atoms with E-state index < -0.39 is 0 Å². The van der Waals surface area contributed by atoms with E-state index in [0.29, 0.717) is 6.04 Å². The molecule has 1 heteroatoms. The average molecular weight is 217 g/mol. The average Bonchev–Trinajstić information content (AvgIpc) is 2.35. The van der Waals surface area contributed by atoms with Gasteiger partial charge in [-0.3, -0.25) is 0 Å². The first-order valence-corrected chi connectivity index (χ1v) is 6.68. The van der Waals surface area contributed by atoms with Crippen LogP contribution in [0.15, 0.2) is 24.3 Å². The van der Waals surface area contributed by atoms with Crippen LogP contribution in [0.1, 0.15) is 50.3 Å². The van der Waals surface area contributed by atoms with E-state index in [1.54, 1.807) is 11.1 Å². The molecule has 0 heterocycles. The Morgan fingerprint density at radius 2 is 2.06 bits per heavy atom. The molecule has 1 aliphatic carbocycles. The van der Waals surface area contributed by atoms with E-state index in [9.17, 15) is 0 Å². The van der Waals surface area contributed by atoms with Gasteiger partial charge in [-0.1, -0.05) is 44.5 Å². The fourth-order valence-electron chi connectivity index (χ4n) is 2.84. The maximum absolute atomic E-state index is 3.73. The molecule has 0 aliphatic heterocycles. The van der Waals surface area contributed by atoms with Crippen LogP contribution in [0.5, 0.6) is 0 Å². The zero-order valence-electron chi connectivity index (χ0n) is 10.5. The summed E-state index contributed by atoms with van der Waals surface area (Å²) >= 11 is 0. The first-order valence-electron chi connectivity index (χ1n) is 6.68. The third-order valence-electron chi connectivity index (χ3n) is 3.78. The van der Waals surface area contributed by atoms with Gasteiger partial charge >= 0.3 is 0 Å². The van der Waals surface area contributed by atoms with Crippen molar-refractivity contribution in [3.05, 3.63) is 35.4 Å². The number of benzene rings is 1. The van der Waals surface area contributed by atoms with Gasteiger partial charge in [-0.25, -0.2) is 0 Å². The lowest BCUT2D eigenvalue weighted by Crippen LogP contribution is -2.32. The van der Waals surface area contributed by atoms with E-state index in [4.69, 9.17) is 0 Å². The summed E-state index contributed by atoms with van der Waals surface area (Å²) in [6, 6.07) is 9.54. The summed E-state index contributed by atoms with van der Waals surface area (Å²) in [6.07, 6.45) is 5.11. The topological polar surface area (TPSA) is 12.0 Å². The molecule has 1 aromatic carbocycles. The molecule has 2 unspecified atom stereocenters. The van der Waals surface area contributed by atoms with Crippen molar-refractivity contribution in [1.29, 1.82) is 0 Å². The van der Waals surface area contributed by atoms with Gasteiger partial charge in [0.1, 0.15) is 0 Å². The van der Waals surface area contributed by atoms with Gasteiger partial charge in [-0.15, -0.1) is 0 Å². The van der Waals surface area contributed by atoms with Gasteiger partial charge < -0.3 is 5.32 Å². The monoisotopic (exact) mass is 217 g/mol. The van der Waals surface area contributed by atoms with E-state index in [-0.39, 0.29) is 0 Å². The molecule has 0 saturated carbocycles. The smallest absolute Gasteiger partial charge is 0.0351 e. The quantitative estimate of drug-likeness (QED) is 0.811. The lowest BCUT2D eigenvalue weighted by molar-refractivity contribution is 0.312. The number of nitrogens with one attached hydrogen (secondary N) is 1. The second kappa shape index (κ2) is 5.49. The van der Waals surface area contributed by atoms with E-state index in [1.165, 1.54) is 25.7 Å². The minimum atomic E-state index is 0.592. The Morgan fingerprint density at radius 1 is 1.25 bits per heavy atom. The highest BCUT2D eigenvalue weighted by atomic mass is 14.9. The molecule has 1 aliphatic rings. The van der Waals surface area contributed by atoms with Gasteiger partial charge in [0.2, 0.25) is 0 Å². The molecular weight excluding hydrogens is 194 g/mol. The maximum Gasteiger partial charge on any atom is 0.0351 e. The molecule has 0 saturated heterocycles. The standard InChI is InChI=1S/C15H23N/c1-3-11-16-15-12(4-2)9-10-13-7-5-6-8-14(13)15/h5-8,12,15-16H,3-4,9-11H2,1-2H3. The number of hydrogen-bond donors (Lipinski definition) is 1. The fraction of sp³-hybridized carbons (Fsp3) is 0.600. The van der Waals surface area contributed by atoms with Gasteiger partial charge in [0.25, 0.3) is 0 Å². The van der Waals surface area contributed by atoms with Gasteiger partial charge in [0.15, 0.2) is 0 Å². The molecular formula is C15H23N. The first-order chi connectivity index (χ1) is 7.86. The van der Waals surface area contributed by atoms with Crippen LogP contribution in [-0.4, -0.2) is 6.54 Å². The minimum absolute atomic E-state index is 0.592. The van der Waals surface area contributed by atoms with Crippen molar-refractivity contribution < 1.29 is 0 Å². The molecule has 2 atom stereocenters. The molecule has 0 radical (unpaired) electrons. The predicted octanol–water partition coefficient (Wildman–Crippen LogP) is 3.70. The van der Waals surface area contributed by atoms with E-state index >= 15 is 0 Å². The molecule has 0 bridgehead atoms. The summed E-state index contributed by atoms with van der Waals surface area (Å²) in [4.78, 5) is 0. The molecule has 0 amide bonds. The molecule has 1 aromatic rings. The van der Waals surface area contributed by atoms with Gasteiger partial charge in [0.05, 0.1) is 0 Å². The van der Waals surface area contributed by atoms with Crippen LogP contribution in [0.4, 0.5) is 0 Å². The van der Waals surface area contributed by atoms with E-state index in [1.807, 2.05) is 0 Å². The van der Waals surface area contributed by atoms with Crippen molar-refractivity contribution >= 4 is 0 Å². The van der Waals surface area contributed by atoms with Crippen LogP contribution in [0.25, 0.3) is 0 Å². The van der Waals surface area contributed by atoms with Crippen molar-refractivity contribution in [3.8, 4) is 0 Å². The SMILES string of the molecule is CCCNC1c2ccccc2CCC1CC. The number of hydrogen-bond acceptors (Lipinski definition) is 1. The summed E-state index contributed by atoms with van der Waals surface area (Å²) in [6.45, 7) is 5.69. The number of fused-ring (bicyclic) bond motifs is 1. The van der Waals surface area contributed by atoms with E-state index in [0.717, 1.165) is 12.5 Å². The van der Waals surface area contributed by atoms with Crippen LogP contribution < -0.4 is 5.32 Å². The molecule has 2 rings (SSSR count). The van der Waals surface area contributed by atoms with E-state index in [2.05, 4.69) is 43.4 Å². The maximum atomic E-state index is 3.73. The van der Waals surface area contributed by atoms with Crippen molar-refractivity contribution in [1.82, 2.24) is 5.32 Å². The Morgan fingerprint density at radius 3 is 2.81 bits per heavy atom. The van der Waals surface area contributed by atoms with Crippen LogP contribution in [0.2, 0.25) is 0 Å². The van der Waals surface area contributed by atoms with Crippen molar-refractivity contribution in [2.75, 3.05) is 6.54 Å². The molecule has 16 heavy (non-hydrogen) atoms. The molecule has 0 aromatic heterocycles. The molecule has 0 spiro atoms. The summed E-state index contributed by atoms with van der Waals surface area (Å²) in [5.74, 6) is 0.821. The van der Waals surface area contributed by atoms with Crippen LogP contribution in [0, 0.1) is 5.92 Å². The van der Waals surface area contributed by atoms with Crippen molar-refractivity contribution in [2.45, 2.75) is 45.6 Å². The fourth-order valence-corrected chi connectivity index (χ4v) is 2.84. The van der Waals surface area contributed by atoms with Crippen molar-refractivity contribution in [3.63, 3.8) is 0 Å². The molecule has 88 valence electrons. The summed E-state index contributed by atoms with van der Waals surface area (Å²) < 4.78 is 0. The van der Waals surface area contributed by atoms with Gasteiger partial charge in [-0.05, 0) is 42.9 Å². The minimum Gasteiger partial charge on any atom is -0.310 e. The second-order valence-corrected chi connectivity index (χ2v) is 4.84. The zero-order valence-corrected chi connectivity index (χ0v) is 10.5. The van der Waals surface area contributed by atoms with Crippen LogP contribution in [0.3, 0.4) is 0 Å². The molecule has 1 N–H and O–H groups in total. The summed E-state index contributed by atoms with van der Waals surface area (Å²) in [5.41, 5.74) is 3.11. The third-order valence-corrected chi connectivity index (χ3v) is 3.78. The van der Waals surface area contributed by atoms with Crippen molar-refractivity contribution in [2.24, 2.45) is 5.92 Å². The first kappa shape index (κ1) is 11.7. The number of rotatable bonds is 4. The lowest BCUT2D eigenvalue weighted by atomic mass is 9.78. The normalized spacial score (nSPS) is 24.1. The zero-order chi connectivity index (χ0) is 11.4. The van der Waals surface area contributed by atoms with Crippen LogP contribution in [-0.2, 0) is 6.42 Å².